The van der Waals surface area contributed by atoms with Gasteiger partial charge in [0, 0.05) is 24.3 Å². The standard InChI is InChI=1S/C30H35N3O6/c34-25(18-33-15-8-2-7-14-30(33)22-11-5-6-12-23(22)31-28(30)35)24(17-20-9-3-1-4-10-20)32-29(36)39-26-19-38-27-21(26)13-16-37-27/h1-6,8-12,21,24-27,34H,7,13-19H2,(H,31,35)(H,32,36)/t21-,24-,25+,26-,27+,30?/m0/s1. The van der Waals surface area contributed by atoms with Crippen molar-refractivity contribution < 1.29 is 28.9 Å². The molecule has 2 aromatic carbocycles. The Kier molecular flexibility index (Phi) is 7.40. The summed E-state index contributed by atoms with van der Waals surface area (Å²) in [6, 6.07) is 16.8. The van der Waals surface area contributed by atoms with Gasteiger partial charge in [0.15, 0.2) is 6.29 Å². The topological polar surface area (TPSA) is 109 Å². The van der Waals surface area contributed by atoms with Gasteiger partial charge in [-0.25, -0.2) is 4.79 Å². The van der Waals surface area contributed by atoms with Crippen molar-refractivity contribution in [2.24, 2.45) is 5.92 Å². The second-order valence-electron chi connectivity index (χ2n) is 10.8. The zero-order chi connectivity index (χ0) is 26.8. The number of aliphatic hydroxyl groups excluding tert-OH is 1. The Morgan fingerprint density at radius 3 is 2.85 bits per heavy atom. The van der Waals surface area contributed by atoms with Crippen LogP contribution in [0.15, 0.2) is 66.7 Å². The molecule has 0 radical (unpaired) electrons. The lowest BCUT2D eigenvalue weighted by Gasteiger charge is -2.40. The minimum absolute atomic E-state index is 0.0259. The van der Waals surface area contributed by atoms with Gasteiger partial charge in [-0.15, -0.1) is 0 Å². The minimum Gasteiger partial charge on any atom is -0.443 e. The fraction of sp³-hybridized carbons (Fsp3) is 0.467. The van der Waals surface area contributed by atoms with E-state index in [0.717, 1.165) is 29.7 Å². The molecule has 9 nitrogen and oxygen atoms in total. The van der Waals surface area contributed by atoms with E-state index < -0.39 is 23.8 Å². The Balaban J connectivity index is 1.22. The first-order valence-corrected chi connectivity index (χ1v) is 13.8. The molecule has 4 heterocycles. The summed E-state index contributed by atoms with van der Waals surface area (Å²) in [6.45, 7) is 1.58. The number of hydrogen-bond donors (Lipinski definition) is 3. The Morgan fingerprint density at radius 2 is 1.97 bits per heavy atom. The van der Waals surface area contributed by atoms with Gasteiger partial charge in [0.1, 0.15) is 11.6 Å². The zero-order valence-corrected chi connectivity index (χ0v) is 21.8. The molecule has 1 spiro atoms. The monoisotopic (exact) mass is 533 g/mol. The number of nitrogens with zero attached hydrogens (tertiary/aromatic N) is 1. The summed E-state index contributed by atoms with van der Waals surface area (Å²) in [5.41, 5.74) is 1.81. The molecular formula is C30H35N3O6. The van der Waals surface area contributed by atoms with E-state index in [0.29, 0.717) is 32.6 Å². The average Bonchev–Trinajstić information content (AvgIpc) is 3.58. The van der Waals surface area contributed by atoms with E-state index in [9.17, 15) is 14.7 Å². The molecule has 2 saturated heterocycles. The third-order valence-corrected chi connectivity index (χ3v) is 8.42. The van der Waals surface area contributed by atoms with Crippen LogP contribution in [0.4, 0.5) is 10.5 Å². The first-order valence-electron chi connectivity index (χ1n) is 13.8. The van der Waals surface area contributed by atoms with Gasteiger partial charge in [-0.3, -0.25) is 9.69 Å². The fourth-order valence-electron chi connectivity index (χ4n) is 6.39. The smallest absolute Gasteiger partial charge is 0.407 e. The highest BCUT2D eigenvalue weighted by Gasteiger charge is 2.51. The van der Waals surface area contributed by atoms with Gasteiger partial charge in [-0.05, 0) is 37.3 Å². The number of allylic oxidation sites excluding steroid dienone is 1. The lowest BCUT2D eigenvalue weighted by Crippen LogP contribution is -2.57. The summed E-state index contributed by atoms with van der Waals surface area (Å²) in [5, 5.41) is 17.6. The van der Waals surface area contributed by atoms with E-state index in [-0.39, 0.29) is 30.8 Å². The van der Waals surface area contributed by atoms with Crippen molar-refractivity contribution >= 4 is 17.7 Å². The van der Waals surface area contributed by atoms with Gasteiger partial charge < -0.3 is 30.0 Å². The highest BCUT2D eigenvalue weighted by molar-refractivity contribution is 6.06. The number of para-hydroxylation sites is 1. The number of carbonyl (C=O) groups is 2. The Hall–Kier alpha value is -3.24. The van der Waals surface area contributed by atoms with E-state index >= 15 is 0 Å². The summed E-state index contributed by atoms with van der Waals surface area (Å²) >= 11 is 0. The maximum atomic E-state index is 13.5. The lowest BCUT2D eigenvalue weighted by molar-refractivity contribution is -0.129. The molecule has 1 unspecified atom stereocenters. The van der Waals surface area contributed by atoms with Crippen LogP contribution >= 0.6 is 0 Å². The molecule has 206 valence electrons. The van der Waals surface area contributed by atoms with Crippen molar-refractivity contribution in [1.82, 2.24) is 10.2 Å². The molecule has 2 fully saturated rings. The maximum absolute atomic E-state index is 13.5. The quantitative estimate of drug-likeness (QED) is 0.470. The number of rotatable bonds is 7. The minimum atomic E-state index is -0.968. The second-order valence-corrected chi connectivity index (χ2v) is 10.8. The van der Waals surface area contributed by atoms with E-state index in [1.165, 1.54) is 0 Å². The predicted octanol–water partition coefficient (Wildman–Crippen LogP) is 2.95. The molecule has 6 atom stereocenters. The third-order valence-electron chi connectivity index (χ3n) is 8.42. The molecule has 39 heavy (non-hydrogen) atoms. The average molecular weight is 534 g/mol. The summed E-state index contributed by atoms with van der Waals surface area (Å²) in [6.07, 6.45) is 4.42. The number of β-amino-alcohol motifs (C(OH)–C–C–N with tert-alkyl or cyclic N) is 1. The molecule has 0 saturated carbocycles. The van der Waals surface area contributed by atoms with Crippen molar-refractivity contribution in [3.63, 3.8) is 0 Å². The van der Waals surface area contributed by atoms with E-state index in [2.05, 4.69) is 16.7 Å². The number of fused-ring (bicyclic) bond motifs is 3. The first-order chi connectivity index (χ1) is 19.0. The SMILES string of the molecule is O=C(N[C@@H](Cc1ccccc1)[C@H](O)CN1CC=CCCC12C(=O)Nc1ccccc12)O[C@H]1CO[C@H]2OCC[C@H]21. The van der Waals surface area contributed by atoms with Crippen molar-refractivity contribution in [2.75, 3.05) is 31.6 Å². The van der Waals surface area contributed by atoms with E-state index in [4.69, 9.17) is 14.2 Å². The molecular weight excluding hydrogens is 498 g/mol. The molecule has 6 rings (SSSR count). The largest absolute Gasteiger partial charge is 0.443 e. The second kappa shape index (κ2) is 11.1. The van der Waals surface area contributed by atoms with E-state index in [1.54, 1.807) is 0 Å². The van der Waals surface area contributed by atoms with Crippen LogP contribution in [-0.2, 0) is 31.0 Å². The number of carbonyl (C=O) groups excluding carboxylic acids is 2. The summed E-state index contributed by atoms with van der Waals surface area (Å²) in [7, 11) is 0. The highest BCUT2D eigenvalue weighted by atomic mass is 16.7. The molecule has 9 heteroatoms. The first kappa shape index (κ1) is 26.0. The van der Waals surface area contributed by atoms with Gasteiger partial charge in [0.25, 0.3) is 0 Å². The third kappa shape index (κ3) is 5.07. The van der Waals surface area contributed by atoms with Crippen LogP contribution < -0.4 is 10.6 Å². The number of aliphatic hydroxyl groups is 1. The number of nitrogens with one attached hydrogen (secondary N) is 2. The van der Waals surface area contributed by atoms with Crippen LogP contribution in [0.2, 0.25) is 0 Å². The number of alkyl carbamates (subject to hydrolysis) is 1. The highest BCUT2D eigenvalue weighted by Crippen LogP contribution is 2.44. The number of hydrogen-bond acceptors (Lipinski definition) is 7. The molecule has 0 aliphatic carbocycles. The molecule has 4 aliphatic rings. The molecule has 4 aliphatic heterocycles. The number of anilines is 1. The Bertz CT molecular complexity index is 1220. The van der Waals surface area contributed by atoms with Crippen LogP contribution in [-0.4, -0.2) is 72.8 Å². The molecule has 0 bridgehead atoms. The molecule has 0 aromatic heterocycles. The van der Waals surface area contributed by atoms with E-state index in [1.807, 2.05) is 65.6 Å². The normalized spacial score (nSPS) is 29.4. The van der Waals surface area contributed by atoms with Gasteiger partial charge in [-0.2, -0.15) is 0 Å². The van der Waals surface area contributed by atoms with Crippen LogP contribution in [0, 0.1) is 5.92 Å². The molecule has 3 N–H and O–H groups in total. The van der Waals surface area contributed by atoms with Crippen molar-refractivity contribution in [3.8, 4) is 0 Å². The number of ether oxygens (including phenoxy) is 3. The fourth-order valence-corrected chi connectivity index (χ4v) is 6.39. The summed E-state index contributed by atoms with van der Waals surface area (Å²) < 4.78 is 16.9. The van der Waals surface area contributed by atoms with Gasteiger partial charge >= 0.3 is 6.09 Å². The van der Waals surface area contributed by atoms with Gasteiger partial charge in [0.2, 0.25) is 5.91 Å². The molecule has 2 aromatic rings. The van der Waals surface area contributed by atoms with Crippen LogP contribution in [0.1, 0.15) is 30.4 Å². The van der Waals surface area contributed by atoms with Gasteiger partial charge in [-0.1, -0.05) is 60.7 Å². The van der Waals surface area contributed by atoms with Crippen molar-refractivity contribution in [3.05, 3.63) is 77.9 Å². The zero-order valence-electron chi connectivity index (χ0n) is 21.8. The van der Waals surface area contributed by atoms with Crippen LogP contribution in [0.25, 0.3) is 0 Å². The number of benzene rings is 2. The number of amides is 2. The van der Waals surface area contributed by atoms with Crippen molar-refractivity contribution in [2.45, 2.75) is 55.8 Å². The Labute approximate surface area is 228 Å². The molecule has 2 amide bonds. The van der Waals surface area contributed by atoms with Crippen molar-refractivity contribution in [1.29, 1.82) is 0 Å². The van der Waals surface area contributed by atoms with Crippen LogP contribution in [0.5, 0.6) is 0 Å². The summed E-state index contributed by atoms with van der Waals surface area (Å²) in [4.78, 5) is 28.6. The summed E-state index contributed by atoms with van der Waals surface area (Å²) in [5.74, 6) is -0.0564. The van der Waals surface area contributed by atoms with Crippen LogP contribution in [0.3, 0.4) is 0 Å². The predicted molar refractivity (Wildman–Crippen MR) is 144 cm³/mol. The Morgan fingerprint density at radius 1 is 1.15 bits per heavy atom. The van der Waals surface area contributed by atoms with Gasteiger partial charge in [0.05, 0.1) is 31.3 Å². The maximum Gasteiger partial charge on any atom is 0.407 e. The lowest BCUT2D eigenvalue weighted by atomic mass is 9.84.